The summed E-state index contributed by atoms with van der Waals surface area (Å²) in [6, 6.07) is 14.1. The molecular weight excluding hydrogens is 473 g/mol. The highest BCUT2D eigenvalue weighted by Gasteiger charge is 2.51. The first-order valence-corrected chi connectivity index (χ1v) is 12.0. The van der Waals surface area contributed by atoms with Gasteiger partial charge in [-0.2, -0.15) is 13.2 Å². The highest BCUT2D eigenvalue weighted by atomic mass is 32.2. The third-order valence-corrected chi connectivity index (χ3v) is 6.79. The maximum Gasteiger partial charge on any atom is 0.490 e. The minimum atomic E-state index is -5.08. The predicted octanol–water partition coefficient (Wildman–Crippen LogP) is 4.38. The van der Waals surface area contributed by atoms with Gasteiger partial charge in [-0.15, -0.1) is 0 Å². The van der Waals surface area contributed by atoms with Gasteiger partial charge in [0.2, 0.25) is 5.91 Å². The number of carbonyl (C=O) groups excluding carboxylic acids is 1. The second kappa shape index (κ2) is 10.5. The van der Waals surface area contributed by atoms with E-state index in [-0.39, 0.29) is 16.8 Å². The van der Waals surface area contributed by atoms with Gasteiger partial charge in [0.1, 0.15) is 0 Å². The Bertz CT molecular complexity index is 1130. The highest BCUT2D eigenvalue weighted by Crippen LogP contribution is 2.48. The number of aryl methyl sites for hydroxylation is 1. The molecule has 186 valence electrons. The van der Waals surface area contributed by atoms with Crippen molar-refractivity contribution in [1.82, 2.24) is 5.32 Å². The summed E-state index contributed by atoms with van der Waals surface area (Å²) in [7, 11) is -3.63. The smallest absolute Gasteiger partial charge is 0.475 e. The first-order chi connectivity index (χ1) is 15.7. The average Bonchev–Trinajstić information content (AvgIpc) is 3.56. The Labute approximate surface area is 196 Å². The number of aliphatic carboxylic acids is 1. The second-order valence-electron chi connectivity index (χ2n) is 8.17. The van der Waals surface area contributed by atoms with Crippen molar-refractivity contribution in [3.05, 3.63) is 59.7 Å². The lowest BCUT2D eigenvalue weighted by Gasteiger charge is -2.19. The lowest BCUT2D eigenvalue weighted by molar-refractivity contribution is -0.192. The average molecular weight is 501 g/mol. The van der Waals surface area contributed by atoms with Crippen molar-refractivity contribution in [2.75, 3.05) is 4.72 Å². The van der Waals surface area contributed by atoms with E-state index in [9.17, 15) is 26.4 Å². The second-order valence-corrected chi connectivity index (χ2v) is 9.85. The number of rotatable bonds is 7. The minimum Gasteiger partial charge on any atom is -0.475 e. The number of carboxylic acids is 1. The van der Waals surface area contributed by atoms with E-state index in [1.54, 1.807) is 30.3 Å². The van der Waals surface area contributed by atoms with Crippen LogP contribution in [-0.4, -0.2) is 37.6 Å². The third-order valence-electron chi connectivity index (χ3n) is 5.41. The molecule has 34 heavy (non-hydrogen) atoms. The van der Waals surface area contributed by atoms with Crippen LogP contribution in [0.3, 0.4) is 0 Å². The molecule has 2 aromatic carbocycles. The van der Waals surface area contributed by atoms with E-state index >= 15 is 0 Å². The number of carboxylic acid groups (broad SMARTS) is 1. The number of anilines is 1. The summed E-state index contributed by atoms with van der Waals surface area (Å²) in [4.78, 5) is 21.7. The summed E-state index contributed by atoms with van der Waals surface area (Å²) >= 11 is 0. The molecule has 0 aliphatic heterocycles. The number of amides is 1. The van der Waals surface area contributed by atoms with Gasteiger partial charge in [0, 0.05) is 11.7 Å². The summed E-state index contributed by atoms with van der Waals surface area (Å²) in [5.41, 5.74) is 1.84. The topological polar surface area (TPSA) is 113 Å². The number of hydrogen-bond acceptors (Lipinski definition) is 4. The number of halogens is 3. The van der Waals surface area contributed by atoms with Crippen LogP contribution in [-0.2, 0) is 25.0 Å². The molecule has 0 bridgehead atoms. The fraction of sp³-hybridized carbons (Fsp3) is 0.391. The first kappa shape index (κ1) is 27.2. The zero-order valence-electron chi connectivity index (χ0n) is 18.9. The predicted molar refractivity (Wildman–Crippen MR) is 121 cm³/mol. The molecule has 1 amide bonds. The van der Waals surface area contributed by atoms with Crippen LogP contribution < -0.4 is 10.0 Å². The van der Waals surface area contributed by atoms with Crippen LogP contribution in [0.25, 0.3) is 0 Å². The Kier molecular flexibility index (Phi) is 8.35. The van der Waals surface area contributed by atoms with Crippen molar-refractivity contribution in [3.63, 3.8) is 0 Å². The van der Waals surface area contributed by atoms with Gasteiger partial charge in [-0.3, -0.25) is 9.52 Å². The molecule has 1 unspecified atom stereocenters. The SMILES string of the molecule is CCC(C)NC(=O)C1(c2ccc(NS(=O)(=O)c3cccc(C)c3)cc2)CC1.O=C(O)C(F)(F)F. The van der Waals surface area contributed by atoms with Crippen molar-refractivity contribution in [2.45, 2.75) is 62.6 Å². The quantitative estimate of drug-likeness (QED) is 0.523. The van der Waals surface area contributed by atoms with Gasteiger partial charge in [0.05, 0.1) is 10.3 Å². The molecule has 3 N–H and O–H groups in total. The summed E-state index contributed by atoms with van der Waals surface area (Å²) < 4.78 is 59.4. The van der Waals surface area contributed by atoms with Gasteiger partial charge in [-0.1, -0.05) is 31.2 Å². The van der Waals surface area contributed by atoms with Crippen LogP contribution in [0.15, 0.2) is 53.4 Å². The highest BCUT2D eigenvalue weighted by molar-refractivity contribution is 7.92. The number of sulfonamides is 1. The number of carbonyl (C=O) groups is 2. The Balaban J connectivity index is 0.000000509. The Hall–Kier alpha value is -3.08. The fourth-order valence-corrected chi connectivity index (χ4v) is 4.25. The monoisotopic (exact) mass is 500 g/mol. The lowest BCUT2D eigenvalue weighted by atomic mass is 9.94. The summed E-state index contributed by atoms with van der Waals surface area (Å²) in [5.74, 6) is -2.70. The van der Waals surface area contributed by atoms with Crippen LogP contribution in [0.4, 0.5) is 18.9 Å². The molecule has 1 atom stereocenters. The van der Waals surface area contributed by atoms with Crippen LogP contribution in [0.5, 0.6) is 0 Å². The number of benzene rings is 2. The van der Waals surface area contributed by atoms with Crippen molar-refractivity contribution < 1.29 is 36.3 Å². The van der Waals surface area contributed by atoms with Gasteiger partial charge >= 0.3 is 12.1 Å². The fourth-order valence-electron chi connectivity index (χ4n) is 3.09. The largest absolute Gasteiger partial charge is 0.490 e. The van der Waals surface area contributed by atoms with Gasteiger partial charge in [-0.25, -0.2) is 13.2 Å². The lowest BCUT2D eigenvalue weighted by Crippen LogP contribution is -2.39. The zero-order valence-corrected chi connectivity index (χ0v) is 19.8. The van der Waals surface area contributed by atoms with E-state index < -0.39 is 27.6 Å². The van der Waals surface area contributed by atoms with Crippen LogP contribution in [0.2, 0.25) is 0 Å². The van der Waals surface area contributed by atoms with Gasteiger partial charge in [0.25, 0.3) is 10.0 Å². The molecule has 0 heterocycles. The molecule has 0 saturated heterocycles. The number of hydrogen-bond donors (Lipinski definition) is 3. The van der Waals surface area contributed by atoms with Crippen LogP contribution >= 0.6 is 0 Å². The number of alkyl halides is 3. The maximum absolute atomic E-state index is 12.6. The zero-order chi connectivity index (χ0) is 25.7. The Morgan fingerprint density at radius 3 is 2.12 bits per heavy atom. The maximum atomic E-state index is 12.6. The molecule has 0 radical (unpaired) electrons. The van der Waals surface area contributed by atoms with E-state index in [2.05, 4.69) is 10.0 Å². The molecule has 1 fully saturated rings. The van der Waals surface area contributed by atoms with Gasteiger partial charge in [0.15, 0.2) is 0 Å². The third kappa shape index (κ3) is 6.96. The minimum absolute atomic E-state index is 0.0601. The summed E-state index contributed by atoms with van der Waals surface area (Å²) in [6.07, 6.45) is -2.55. The summed E-state index contributed by atoms with van der Waals surface area (Å²) in [5, 5.41) is 10.2. The van der Waals surface area contributed by atoms with E-state index in [0.29, 0.717) is 5.69 Å². The molecule has 3 rings (SSSR count). The molecule has 11 heteroatoms. The molecule has 7 nitrogen and oxygen atoms in total. The van der Waals surface area contributed by atoms with Crippen LogP contribution in [0, 0.1) is 6.92 Å². The van der Waals surface area contributed by atoms with Crippen molar-refractivity contribution in [3.8, 4) is 0 Å². The molecule has 2 aromatic rings. The van der Waals surface area contributed by atoms with E-state index in [1.807, 2.05) is 39.0 Å². The number of nitrogens with one attached hydrogen (secondary N) is 2. The van der Waals surface area contributed by atoms with Crippen LogP contribution in [0.1, 0.15) is 44.2 Å². The molecule has 1 saturated carbocycles. The van der Waals surface area contributed by atoms with Gasteiger partial charge in [-0.05, 0) is 68.5 Å². The molecule has 1 aliphatic carbocycles. The van der Waals surface area contributed by atoms with E-state index in [4.69, 9.17) is 9.90 Å². The molecular formula is C23H27F3N2O5S. The van der Waals surface area contributed by atoms with Crippen molar-refractivity contribution in [2.24, 2.45) is 0 Å². The first-order valence-electron chi connectivity index (χ1n) is 10.5. The van der Waals surface area contributed by atoms with Crippen molar-refractivity contribution >= 4 is 27.6 Å². The summed E-state index contributed by atoms with van der Waals surface area (Å²) in [6.45, 7) is 5.89. The van der Waals surface area contributed by atoms with E-state index in [1.165, 1.54) is 0 Å². The molecule has 0 aromatic heterocycles. The standard InChI is InChI=1S/C21H26N2O3S.C2HF3O2/c1-4-16(3)22-20(24)21(12-13-21)17-8-10-18(11-9-17)23-27(25,26)19-7-5-6-15(2)14-19;3-2(4,5)1(6)7/h5-11,14,16,23H,4,12-13H2,1-3H3,(H,22,24);(H,6,7). The normalized spacial score (nSPS) is 15.4. The Morgan fingerprint density at radius 1 is 1.12 bits per heavy atom. The van der Waals surface area contributed by atoms with E-state index in [0.717, 1.165) is 30.4 Å². The molecule has 1 aliphatic rings. The van der Waals surface area contributed by atoms with Gasteiger partial charge < -0.3 is 10.4 Å². The Morgan fingerprint density at radius 2 is 1.68 bits per heavy atom. The van der Waals surface area contributed by atoms with Crippen molar-refractivity contribution in [1.29, 1.82) is 0 Å². The molecule has 0 spiro atoms.